The van der Waals surface area contributed by atoms with Crippen molar-refractivity contribution in [1.82, 2.24) is 10.3 Å². The van der Waals surface area contributed by atoms with Gasteiger partial charge in [0.25, 0.3) is 15.9 Å². The molecule has 2 heterocycles. The van der Waals surface area contributed by atoms with E-state index >= 15 is 0 Å². The number of hydrogen-bond donors (Lipinski definition) is 3. The zero-order valence-electron chi connectivity index (χ0n) is 21.0. The highest BCUT2D eigenvalue weighted by molar-refractivity contribution is 8.00. The Bertz CT molecular complexity index is 1570. The van der Waals surface area contributed by atoms with E-state index < -0.39 is 10.0 Å². The van der Waals surface area contributed by atoms with E-state index in [1.807, 2.05) is 24.3 Å². The Hall–Kier alpha value is -3.08. The molecule has 4 aromatic rings. The molecular formula is C28H29N3O4S3. The van der Waals surface area contributed by atoms with E-state index in [9.17, 15) is 18.0 Å². The molecule has 5 rings (SSSR count). The van der Waals surface area contributed by atoms with Crippen molar-refractivity contribution in [3.05, 3.63) is 82.9 Å². The van der Waals surface area contributed by atoms with Gasteiger partial charge in [-0.15, -0.1) is 23.1 Å². The first-order valence-corrected chi connectivity index (χ1v) is 15.8. The molecule has 0 radical (unpaired) electrons. The van der Waals surface area contributed by atoms with Crippen LogP contribution in [0.2, 0.25) is 0 Å². The number of thioether (sulfide) groups is 1. The van der Waals surface area contributed by atoms with Gasteiger partial charge >= 0.3 is 0 Å². The summed E-state index contributed by atoms with van der Waals surface area (Å²) in [6.07, 6.45) is 2.50. The number of carbonyl (C=O) groups is 2. The van der Waals surface area contributed by atoms with Crippen molar-refractivity contribution in [2.75, 3.05) is 11.3 Å². The second kappa shape index (κ2) is 11.0. The lowest BCUT2D eigenvalue weighted by Crippen LogP contribution is -2.43. The molecule has 1 aliphatic carbocycles. The molecule has 1 aliphatic rings. The highest BCUT2D eigenvalue weighted by atomic mass is 32.2. The maximum Gasteiger partial charge on any atom is 0.271 e. The van der Waals surface area contributed by atoms with E-state index in [0.29, 0.717) is 41.8 Å². The van der Waals surface area contributed by atoms with Crippen LogP contribution in [0.1, 0.15) is 47.3 Å². The van der Waals surface area contributed by atoms with E-state index in [4.69, 9.17) is 0 Å². The number of amides is 1. The van der Waals surface area contributed by atoms with Crippen molar-refractivity contribution in [2.24, 2.45) is 0 Å². The van der Waals surface area contributed by atoms with Crippen molar-refractivity contribution < 1.29 is 18.0 Å². The van der Waals surface area contributed by atoms with Crippen LogP contribution in [-0.4, -0.2) is 36.4 Å². The van der Waals surface area contributed by atoms with Crippen LogP contribution in [-0.2, 0) is 20.6 Å². The molecular weight excluding hydrogens is 539 g/mol. The van der Waals surface area contributed by atoms with Crippen molar-refractivity contribution >= 4 is 61.4 Å². The Morgan fingerprint density at radius 3 is 2.55 bits per heavy atom. The fourth-order valence-corrected chi connectivity index (χ4v) is 8.52. The van der Waals surface area contributed by atoms with Crippen LogP contribution in [0, 0.1) is 6.92 Å². The first-order chi connectivity index (χ1) is 18.2. The highest BCUT2D eigenvalue weighted by Gasteiger charge is 2.36. The van der Waals surface area contributed by atoms with Gasteiger partial charge in [-0.2, -0.15) is 0 Å². The molecule has 0 spiro atoms. The number of aryl methyl sites for hydroxylation is 1. The number of para-hydroxylation sites is 1. The SMILES string of the molecule is Cc1ccsc1S(=O)(=O)Nc1cccc2cc(C(=O)NCC3(SCc4ccccc4)CCC(=O)CC3)[nH]c12. The number of aromatic nitrogens is 1. The molecule has 0 aliphatic heterocycles. The van der Waals surface area contributed by atoms with E-state index in [1.165, 1.54) is 16.9 Å². The number of benzene rings is 2. The van der Waals surface area contributed by atoms with Crippen molar-refractivity contribution in [2.45, 2.75) is 47.3 Å². The minimum atomic E-state index is -3.75. The molecule has 0 bridgehead atoms. The van der Waals surface area contributed by atoms with E-state index in [0.717, 1.165) is 24.0 Å². The predicted octanol–water partition coefficient (Wildman–Crippen LogP) is 5.88. The number of rotatable bonds is 9. The summed E-state index contributed by atoms with van der Waals surface area (Å²) in [6, 6.07) is 19.0. The predicted molar refractivity (Wildman–Crippen MR) is 154 cm³/mol. The standard InChI is InChI=1S/C28H29N3O4S3/c1-19-12-15-36-27(19)38(34,35)31-23-9-5-8-21-16-24(30-25(21)23)26(33)29-18-28(13-10-22(32)11-14-28)37-17-20-6-3-2-4-7-20/h2-9,12,15-16,30-31H,10-11,13-14,17-18H2,1H3,(H,29,33). The van der Waals surface area contributed by atoms with E-state index in [2.05, 4.69) is 27.2 Å². The Morgan fingerprint density at radius 1 is 1.08 bits per heavy atom. The number of Topliss-reactive ketones (excluding diaryl/α,β-unsaturated/α-hetero) is 1. The third-order valence-electron chi connectivity index (χ3n) is 6.88. The van der Waals surface area contributed by atoms with Gasteiger partial charge in [-0.3, -0.25) is 14.3 Å². The second-order valence-corrected chi connectivity index (χ2v) is 13.9. The molecule has 7 nitrogen and oxygen atoms in total. The van der Waals surface area contributed by atoms with E-state index in [-0.39, 0.29) is 20.6 Å². The van der Waals surface area contributed by atoms with Gasteiger partial charge in [0.1, 0.15) is 15.7 Å². The number of H-pyrrole nitrogens is 1. The summed E-state index contributed by atoms with van der Waals surface area (Å²) < 4.78 is 28.6. The highest BCUT2D eigenvalue weighted by Crippen LogP contribution is 2.40. The molecule has 1 amide bonds. The summed E-state index contributed by atoms with van der Waals surface area (Å²) in [5, 5.41) is 5.56. The average Bonchev–Trinajstić information content (AvgIpc) is 3.56. The normalized spacial score (nSPS) is 15.4. The zero-order chi connectivity index (χ0) is 26.8. The summed E-state index contributed by atoms with van der Waals surface area (Å²) >= 11 is 2.96. The quantitative estimate of drug-likeness (QED) is 0.234. The second-order valence-electron chi connectivity index (χ2n) is 9.63. The maximum atomic E-state index is 13.2. The van der Waals surface area contributed by atoms with E-state index in [1.54, 1.807) is 48.3 Å². The number of hydrogen-bond acceptors (Lipinski definition) is 6. The maximum absolute atomic E-state index is 13.2. The molecule has 0 saturated heterocycles. The Morgan fingerprint density at radius 2 is 1.84 bits per heavy atom. The van der Waals surface area contributed by atoms with Crippen LogP contribution in [0.25, 0.3) is 10.9 Å². The first-order valence-electron chi connectivity index (χ1n) is 12.4. The fourth-order valence-electron chi connectivity index (χ4n) is 4.69. The third-order valence-corrected chi connectivity index (χ3v) is 11.6. The molecule has 198 valence electrons. The van der Waals surface area contributed by atoms with Gasteiger partial charge in [-0.05, 0) is 54.5 Å². The van der Waals surface area contributed by atoms with Crippen molar-refractivity contribution in [3.8, 4) is 0 Å². The Balaban J connectivity index is 1.32. The zero-order valence-corrected chi connectivity index (χ0v) is 23.4. The molecule has 2 aromatic carbocycles. The van der Waals surface area contributed by atoms with Crippen LogP contribution < -0.4 is 10.0 Å². The van der Waals surface area contributed by atoms with Gasteiger partial charge in [0, 0.05) is 35.3 Å². The number of nitrogens with one attached hydrogen (secondary N) is 3. The minimum Gasteiger partial charge on any atom is -0.349 e. The number of aromatic amines is 1. The summed E-state index contributed by atoms with van der Waals surface area (Å²) in [5.74, 6) is 0.820. The number of sulfonamides is 1. The molecule has 10 heteroatoms. The minimum absolute atomic E-state index is 0.217. The summed E-state index contributed by atoms with van der Waals surface area (Å²) in [4.78, 5) is 28.3. The van der Waals surface area contributed by atoms with Gasteiger partial charge in [0.2, 0.25) is 0 Å². The largest absolute Gasteiger partial charge is 0.349 e. The fraction of sp³-hybridized carbons (Fsp3) is 0.286. The molecule has 0 unspecified atom stereocenters. The van der Waals surface area contributed by atoms with Crippen LogP contribution in [0.15, 0.2) is 70.3 Å². The number of ketones is 1. The number of fused-ring (bicyclic) bond motifs is 1. The van der Waals surface area contributed by atoms with Crippen LogP contribution >= 0.6 is 23.1 Å². The van der Waals surface area contributed by atoms with Gasteiger partial charge in [-0.25, -0.2) is 8.42 Å². The summed E-state index contributed by atoms with van der Waals surface area (Å²) in [5.41, 5.74) is 3.18. The lowest BCUT2D eigenvalue weighted by molar-refractivity contribution is -0.120. The molecule has 2 aromatic heterocycles. The third kappa shape index (κ3) is 5.82. The van der Waals surface area contributed by atoms with Crippen molar-refractivity contribution in [3.63, 3.8) is 0 Å². The summed E-state index contributed by atoms with van der Waals surface area (Å²) in [7, 11) is -3.75. The molecule has 3 N–H and O–H groups in total. The summed E-state index contributed by atoms with van der Waals surface area (Å²) in [6.45, 7) is 2.21. The average molecular weight is 568 g/mol. The molecule has 0 atom stereocenters. The first kappa shape index (κ1) is 26.5. The Kier molecular flexibility index (Phi) is 7.65. The van der Waals surface area contributed by atoms with Crippen LogP contribution in [0.5, 0.6) is 0 Å². The Labute approximate surface area is 230 Å². The molecule has 38 heavy (non-hydrogen) atoms. The number of carbonyl (C=O) groups excluding carboxylic acids is 2. The van der Waals surface area contributed by atoms with Crippen LogP contribution in [0.4, 0.5) is 5.69 Å². The number of anilines is 1. The van der Waals surface area contributed by atoms with Gasteiger partial charge in [0.15, 0.2) is 0 Å². The molecule has 1 saturated carbocycles. The monoisotopic (exact) mass is 567 g/mol. The lowest BCUT2D eigenvalue weighted by atomic mass is 9.87. The smallest absolute Gasteiger partial charge is 0.271 e. The van der Waals surface area contributed by atoms with Gasteiger partial charge < -0.3 is 10.3 Å². The van der Waals surface area contributed by atoms with Crippen LogP contribution in [0.3, 0.4) is 0 Å². The van der Waals surface area contributed by atoms with Crippen molar-refractivity contribution in [1.29, 1.82) is 0 Å². The van der Waals surface area contributed by atoms with Gasteiger partial charge in [-0.1, -0.05) is 42.5 Å². The van der Waals surface area contributed by atoms with Gasteiger partial charge in [0.05, 0.1) is 11.2 Å². The topological polar surface area (TPSA) is 108 Å². The number of thiophene rings is 1. The lowest BCUT2D eigenvalue weighted by Gasteiger charge is -2.36. The molecule has 1 fully saturated rings.